The number of likely N-dealkylation sites (tertiary alicyclic amines) is 1. The summed E-state index contributed by atoms with van der Waals surface area (Å²) in [7, 11) is 0. The van der Waals surface area contributed by atoms with Crippen LogP contribution in [-0.4, -0.2) is 40.6 Å². The number of nitrogens with zero attached hydrogens (tertiary/aromatic N) is 1. The molecule has 1 aliphatic heterocycles. The second-order valence-corrected chi connectivity index (χ2v) is 10.2. The second-order valence-electron chi connectivity index (χ2n) is 10.2. The fourth-order valence-corrected chi connectivity index (χ4v) is 6.55. The molecule has 1 heterocycles. The van der Waals surface area contributed by atoms with Crippen LogP contribution < -0.4 is 0 Å². The van der Waals surface area contributed by atoms with Crippen molar-refractivity contribution < 1.29 is 23.9 Å². The Kier molecular flexibility index (Phi) is 5.20. The number of esters is 1. The van der Waals surface area contributed by atoms with Crippen molar-refractivity contribution in [1.82, 2.24) is 4.90 Å². The zero-order chi connectivity index (χ0) is 24.3. The molecule has 178 valence electrons. The normalized spacial score (nSPS) is 31.5. The Bertz CT molecular complexity index is 1190. The molecule has 0 aromatic heterocycles. The number of rotatable bonds is 7. The molecule has 0 unspecified atom stereocenters. The van der Waals surface area contributed by atoms with Crippen LogP contribution in [-0.2, 0) is 25.5 Å². The molecule has 0 spiro atoms. The van der Waals surface area contributed by atoms with Crippen molar-refractivity contribution in [2.45, 2.75) is 31.9 Å². The fourth-order valence-electron chi connectivity index (χ4n) is 6.55. The van der Waals surface area contributed by atoms with E-state index in [0.29, 0.717) is 17.4 Å². The van der Waals surface area contributed by atoms with Gasteiger partial charge in [0.25, 0.3) is 0 Å². The smallest absolute Gasteiger partial charge is 0.330 e. The second kappa shape index (κ2) is 8.29. The van der Waals surface area contributed by atoms with E-state index in [9.17, 15) is 19.2 Å². The van der Waals surface area contributed by atoms with Gasteiger partial charge in [0.1, 0.15) is 6.04 Å². The Hall–Kier alpha value is -3.54. The van der Waals surface area contributed by atoms with Gasteiger partial charge in [-0.25, -0.2) is 4.79 Å². The minimum Gasteiger partial charge on any atom is -0.453 e. The predicted octanol–water partition coefficient (Wildman–Crippen LogP) is 3.47. The summed E-state index contributed by atoms with van der Waals surface area (Å²) in [5, 5.41) is 0. The number of allylic oxidation sites excluding steroid dienone is 2. The van der Waals surface area contributed by atoms with Crippen molar-refractivity contribution in [3.63, 3.8) is 0 Å². The minimum atomic E-state index is -1.11. The Balaban J connectivity index is 1.28. The summed E-state index contributed by atoms with van der Waals surface area (Å²) < 4.78 is 5.61. The molecule has 2 saturated carbocycles. The van der Waals surface area contributed by atoms with Crippen LogP contribution in [0.5, 0.6) is 0 Å². The largest absolute Gasteiger partial charge is 0.453 e. The fraction of sp³-hybridized carbons (Fsp3) is 0.379. The summed E-state index contributed by atoms with van der Waals surface area (Å²) >= 11 is 0. The summed E-state index contributed by atoms with van der Waals surface area (Å²) in [6, 6.07) is 16.8. The van der Waals surface area contributed by atoms with Crippen LogP contribution in [0.4, 0.5) is 0 Å². The number of hydrogen-bond donors (Lipinski definition) is 0. The third-order valence-electron chi connectivity index (χ3n) is 8.27. The topological polar surface area (TPSA) is 80.8 Å². The molecule has 0 N–H and O–H groups in total. The first-order valence-corrected chi connectivity index (χ1v) is 12.3. The first-order valence-electron chi connectivity index (χ1n) is 12.3. The van der Waals surface area contributed by atoms with Gasteiger partial charge in [0.15, 0.2) is 6.10 Å². The number of imide groups is 1. The zero-order valence-electron chi connectivity index (χ0n) is 19.4. The highest BCUT2D eigenvalue weighted by molar-refractivity contribution is 6.09. The van der Waals surface area contributed by atoms with E-state index in [1.54, 1.807) is 30.3 Å². The van der Waals surface area contributed by atoms with Gasteiger partial charge in [0.2, 0.25) is 17.6 Å². The quantitative estimate of drug-likeness (QED) is 0.269. The summed E-state index contributed by atoms with van der Waals surface area (Å²) in [6.07, 6.45) is 4.41. The van der Waals surface area contributed by atoms with E-state index in [0.717, 1.165) is 12.0 Å². The molecule has 2 aromatic carbocycles. The standard InChI is InChI=1S/C29H27NO5/c1-16(26(31)18-10-6-3-7-11-18)35-29(34)23(14-17-8-4-2-5-9-17)30-27(32)24-19-12-13-20(22-15-21(19)22)25(24)28(30)33/h2-13,16,19-25H,14-15H2,1H3/t16-,19-,20-,21-,22+,23-,24+,25+/m1/s1. The number of Topliss-reactive ketones (excluding diaryl/α,β-unsaturated/α-hetero) is 1. The van der Waals surface area contributed by atoms with Crippen molar-refractivity contribution in [1.29, 1.82) is 0 Å². The maximum absolute atomic E-state index is 13.7. The third-order valence-corrected chi connectivity index (χ3v) is 8.27. The van der Waals surface area contributed by atoms with Gasteiger partial charge in [-0.05, 0) is 42.6 Å². The average molecular weight is 470 g/mol. The minimum absolute atomic E-state index is 0.0726. The van der Waals surface area contributed by atoms with Crippen LogP contribution >= 0.6 is 0 Å². The van der Waals surface area contributed by atoms with Gasteiger partial charge in [-0.3, -0.25) is 19.3 Å². The van der Waals surface area contributed by atoms with Crippen LogP contribution in [0.2, 0.25) is 0 Å². The van der Waals surface area contributed by atoms with Crippen LogP contribution in [0.3, 0.4) is 0 Å². The lowest BCUT2D eigenvalue weighted by molar-refractivity contribution is -0.160. The van der Waals surface area contributed by atoms with E-state index in [1.165, 1.54) is 11.8 Å². The number of carbonyl (C=O) groups excluding carboxylic acids is 4. The molecule has 2 amide bonds. The number of amides is 2. The lowest BCUT2D eigenvalue weighted by Gasteiger charge is -2.37. The Morgan fingerprint density at radius 1 is 0.886 bits per heavy atom. The highest BCUT2D eigenvalue weighted by Crippen LogP contribution is 2.65. The maximum atomic E-state index is 13.7. The molecule has 35 heavy (non-hydrogen) atoms. The highest BCUT2D eigenvalue weighted by Gasteiger charge is 2.68. The van der Waals surface area contributed by atoms with Crippen LogP contribution in [0.1, 0.15) is 29.3 Å². The molecular formula is C29H27NO5. The monoisotopic (exact) mass is 469 g/mol. The molecular weight excluding hydrogens is 442 g/mol. The molecule has 1 saturated heterocycles. The van der Waals surface area contributed by atoms with E-state index >= 15 is 0 Å². The molecule has 4 aliphatic carbocycles. The highest BCUT2D eigenvalue weighted by atomic mass is 16.5. The summed E-state index contributed by atoms with van der Waals surface area (Å²) in [4.78, 5) is 54.8. The van der Waals surface area contributed by atoms with Crippen LogP contribution in [0.15, 0.2) is 72.8 Å². The van der Waals surface area contributed by atoms with Gasteiger partial charge in [0, 0.05) is 12.0 Å². The molecule has 2 aromatic rings. The molecule has 2 bridgehead atoms. The molecule has 5 aliphatic rings. The van der Waals surface area contributed by atoms with Crippen LogP contribution in [0.25, 0.3) is 0 Å². The lowest BCUT2D eigenvalue weighted by Crippen LogP contribution is -2.49. The third kappa shape index (κ3) is 3.54. The van der Waals surface area contributed by atoms with Gasteiger partial charge in [-0.15, -0.1) is 0 Å². The number of hydrogen-bond acceptors (Lipinski definition) is 5. The molecule has 8 atom stereocenters. The predicted molar refractivity (Wildman–Crippen MR) is 127 cm³/mol. The van der Waals surface area contributed by atoms with Gasteiger partial charge >= 0.3 is 5.97 Å². The lowest BCUT2D eigenvalue weighted by atomic mass is 9.63. The van der Waals surface area contributed by atoms with Gasteiger partial charge in [-0.2, -0.15) is 0 Å². The SMILES string of the molecule is C[C@@H](OC(=O)[C@@H](Cc1ccccc1)N1C(=O)[C@H]2[C@@H]3C=C[C@H]([C@@H]4C[C@H]34)[C@@H]2C1=O)C(=O)c1ccccc1. The van der Waals surface area contributed by atoms with Crippen molar-refractivity contribution in [3.05, 3.63) is 83.9 Å². The van der Waals surface area contributed by atoms with E-state index in [-0.39, 0.29) is 35.9 Å². The Labute approximate surface area is 203 Å². The molecule has 6 heteroatoms. The zero-order valence-corrected chi connectivity index (χ0v) is 19.4. The van der Waals surface area contributed by atoms with E-state index in [4.69, 9.17) is 4.74 Å². The molecule has 3 fully saturated rings. The number of ether oxygens (including phenoxy) is 1. The van der Waals surface area contributed by atoms with E-state index < -0.39 is 30.0 Å². The first-order chi connectivity index (χ1) is 17.0. The maximum Gasteiger partial charge on any atom is 0.330 e. The van der Waals surface area contributed by atoms with Gasteiger partial charge in [-0.1, -0.05) is 72.8 Å². The van der Waals surface area contributed by atoms with Crippen molar-refractivity contribution in [3.8, 4) is 0 Å². The number of carbonyl (C=O) groups is 4. The van der Waals surface area contributed by atoms with Crippen LogP contribution in [0, 0.1) is 35.5 Å². The summed E-state index contributed by atoms with van der Waals surface area (Å²) in [5.74, 6) is -1.28. The van der Waals surface area contributed by atoms with E-state index in [1.807, 2.05) is 30.3 Å². The Morgan fingerprint density at radius 2 is 1.43 bits per heavy atom. The van der Waals surface area contributed by atoms with Crippen molar-refractivity contribution in [2.24, 2.45) is 35.5 Å². The van der Waals surface area contributed by atoms with Gasteiger partial charge < -0.3 is 4.74 Å². The number of benzene rings is 2. The van der Waals surface area contributed by atoms with Crippen molar-refractivity contribution >= 4 is 23.6 Å². The number of ketones is 1. The van der Waals surface area contributed by atoms with Crippen molar-refractivity contribution in [2.75, 3.05) is 0 Å². The first kappa shape index (κ1) is 22.0. The molecule has 7 rings (SSSR count). The summed E-state index contributed by atoms with van der Waals surface area (Å²) in [5.41, 5.74) is 1.25. The average Bonchev–Trinajstić information content (AvgIpc) is 3.67. The van der Waals surface area contributed by atoms with Gasteiger partial charge in [0.05, 0.1) is 11.8 Å². The van der Waals surface area contributed by atoms with E-state index in [2.05, 4.69) is 12.2 Å². The molecule has 6 nitrogen and oxygen atoms in total. The molecule has 0 radical (unpaired) electrons. The Morgan fingerprint density at radius 3 is 2.00 bits per heavy atom. The summed E-state index contributed by atoms with van der Waals surface area (Å²) in [6.45, 7) is 1.53.